The number of likely N-dealkylation sites (tertiary alicyclic amines) is 1. The first kappa shape index (κ1) is 10.0. The van der Waals surface area contributed by atoms with Crippen molar-refractivity contribution < 1.29 is 0 Å². The fourth-order valence-corrected chi connectivity index (χ4v) is 2.65. The van der Waals surface area contributed by atoms with Gasteiger partial charge in [-0.25, -0.2) is 0 Å². The molecule has 0 radical (unpaired) electrons. The molecule has 2 aliphatic heterocycles. The second-order valence-electron chi connectivity index (χ2n) is 4.42. The summed E-state index contributed by atoms with van der Waals surface area (Å²) in [7, 11) is 0. The van der Waals surface area contributed by atoms with Crippen LogP contribution in [0.3, 0.4) is 0 Å². The molecule has 0 aromatic heterocycles. The Morgan fingerprint density at radius 3 is 2.93 bits per heavy atom. The summed E-state index contributed by atoms with van der Waals surface area (Å²) in [5.74, 6) is 0. The first-order chi connectivity index (χ1) is 6.92. The van der Waals surface area contributed by atoms with Crippen molar-refractivity contribution in [1.29, 1.82) is 0 Å². The number of rotatable bonds is 3. The van der Waals surface area contributed by atoms with E-state index in [0.29, 0.717) is 6.17 Å². The van der Waals surface area contributed by atoms with E-state index >= 15 is 0 Å². The fourth-order valence-electron chi connectivity index (χ4n) is 2.65. The Morgan fingerprint density at radius 1 is 1.29 bits per heavy atom. The highest BCUT2D eigenvalue weighted by Gasteiger charge is 2.26. The fraction of sp³-hybridized carbons (Fsp3) is 0.833. The van der Waals surface area contributed by atoms with E-state index in [1.807, 2.05) is 0 Å². The van der Waals surface area contributed by atoms with Crippen LogP contribution in [0.4, 0.5) is 0 Å². The Bertz CT molecular complexity index is 198. The maximum absolute atomic E-state index is 2.67. The normalized spacial score (nSPS) is 28.6. The maximum atomic E-state index is 2.67. The summed E-state index contributed by atoms with van der Waals surface area (Å²) in [5, 5.41) is 0. The Kier molecular flexibility index (Phi) is 3.46. The molecule has 0 spiro atoms. The van der Waals surface area contributed by atoms with E-state index in [-0.39, 0.29) is 0 Å². The van der Waals surface area contributed by atoms with Crippen molar-refractivity contribution in [2.75, 3.05) is 19.6 Å². The summed E-state index contributed by atoms with van der Waals surface area (Å²) >= 11 is 0. The Balaban J connectivity index is 1.94. The van der Waals surface area contributed by atoms with Crippen LogP contribution < -0.4 is 0 Å². The van der Waals surface area contributed by atoms with Gasteiger partial charge in [0, 0.05) is 13.1 Å². The van der Waals surface area contributed by atoms with E-state index < -0.39 is 0 Å². The van der Waals surface area contributed by atoms with Gasteiger partial charge in [0.05, 0.1) is 6.17 Å². The number of hydrogen-bond donors (Lipinski definition) is 0. The molecule has 2 nitrogen and oxygen atoms in total. The molecule has 2 heterocycles. The zero-order chi connectivity index (χ0) is 9.80. The van der Waals surface area contributed by atoms with Gasteiger partial charge in [0.25, 0.3) is 0 Å². The molecule has 2 aliphatic rings. The minimum atomic E-state index is 0.711. The lowest BCUT2D eigenvalue weighted by molar-refractivity contribution is 0.0484. The van der Waals surface area contributed by atoms with Gasteiger partial charge >= 0.3 is 0 Å². The van der Waals surface area contributed by atoms with Crippen molar-refractivity contribution in [3.05, 3.63) is 12.3 Å². The summed E-state index contributed by atoms with van der Waals surface area (Å²) in [4.78, 5) is 5.20. The highest BCUT2D eigenvalue weighted by Crippen LogP contribution is 2.23. The molecule has 0 aliphatic carbocycles. The molecule has 14 heavy (non-hydrogen) atoms. The minimum Gasteiger partial charge on any atom is -0.362 e. The lowest BCUT2D eigenvalue weighted by Crippen LogP contribution is -2.48. The topological polar surface area (TPSA) is 6.48 Å². The SMILES string of the molecule is CCCN1CCCCC1N1C=CCC1. The highest BCUT2D eigenvalue weighted by atomic mass is 15.4. The second-order valence-corrected chi connectivity index (χ2v) is 4.42. The van der Waals surface area contributed by atoms with Crippen LogP contribution in [-0.2, 0) is 0 Å². The van der Waals surface area contributed by atoms with Gasteiger partial charge in [-0.2, -0.15) is 0 Å². The summed E-state index contributed by atoms with van der Waals surface area (Å²) in [6.07, 6.45) is 12.0. The van der Waals surface area contributed by atoms with Crippen LogP contribution in [0.5, 0.6) is 0 Å². The summed E-state index contributed by atoms with van der Waals surface area (Å²) < 4.78 is 0. The molecular weight excluding hydrogens is 172 g/mol. The van der Waals surface area contributed by atoms with E-state index in [0.717, 1.165) is 0 Å². The van der Waals surface area contributed by atoms with Gasteiger partial charge in [-0.05, 0) is 44.8 Å². The van der Waals surface area contributed by atoms with Gasteiger partial charge in [-0.3, -0.25) is 4.90 Å². The molecule has 0 bridgehead atoms. The lowest BCUT2D eigenvalue weighted by Gasteiger charge is -2.41. The number of piperidine rings is 1. The maximum Gasteiger partial charge on any atom is 0.0815 e. The van der Waals surface area contributed by atoms with Crippen LogP contribution in [-0.4, -0.2) is 35.6 Å². The first-order valence-electron chi connectivity index (χ1n) is 6.08. The predicted molar refractivity (Wildman–Crippen MR) is 60.0 cm³/mol. The molecular formula is C12H22N2. The van der Waals surface area contributed by atoms with Gasteiger partial charge in [-0.15, -0.1) is 0 Å². The largest absolute Gasteiger partial charge is 0.362 e. The van der Waals surface area contributed by atoms with Crippen LogP contribution in [0.1, 0.15) is 39.0 Å². The predicted octanol–water partition coefficient (Wildman–Crippen LogP) is 2.43. The van der Waals surface area contributed by atoms with Crippen molar-refractivity contribution in [3.63, 3.8) is 0 Å². The van der Waals surface area contributed by atoms with Gasteiger partial charge in [0.1, 0.15) is 0 Å². The van der Waals surface area contributed by atoms with Crippen molar-refractivity contribution in [2.24, 2.45) is 0 Å². The van der Waals surface area contributed by atoms with E-state index in [1.165, 1.54) is 51.7 Å². The smallest absolute Gasteiger partial charge is 0.0815 e. The highest BCUT2D eigenvalue weighted by molar-refractivity contribution is 4.95. The molecule has 0 amide bonds. The Hall–Kier alpha value is -0.500. The van der Waals surface area contributed by atoms with Crippen molar-refractivity contribution >= 4 is 0 Å². The van der Waals surface area contributed by atoms with Crippen LogP contribution >= 0.6 is 0 Å². The molecule has 1 unspecified atom stereocenters. The summed E-state index contributed by atoms with van der Waals surface area (Å²) in [6, 6.07) is 0. The molecule has 0 N–H and O–H groups in total. The lowest BCUT2D eigenvalue weighted by atomic mass is 10.1. The average molecular weight is 194 g/mol. The summed E-state index contributed by atoms with van der Waals surface area (Å²) in [5.41, 5.74) is 0. The van der Waals surface area contributed by atoms with Crippen molar-refractivity contribution in [1.82, 2.24) is 9.80 Å². The molecule has 1 saturated heterocycles. The van der Waals surface area contributed by atoms with Gasteiger partial charge < -0.3 is 4.90 Å². The van der Waals surface area contributed by atoms with Gasteiger partial charge in [-0.1, -0.05) is 13.0 Å². The third-order valence-electron chi connectivity index (χ3n) is 3.32. The zero-order valence-corrected chi connectivity index (χ0v) is 9.28. The Labute approximate surface area is 87.6 Å². The monoisotopic (exact) mass is 194 g/mol. The average Bonchev–Trinajstić information content (AvgIpc) is 2.72. The van der Waals surface area contributed by atoms with E-state index in [1.54, 1.807) is 0 Å². The standard InChI is InChI=1S/C12H22N2/c1-2-8-13-9-4-3-7-12(13)14-10-5-6-11-14/h5,10,12H,2-4,6-9,11H2,1H3. The van der Waals surface area contributed by atoms with Crippen LogP contribution in [0.25, 0.3) is 0 Å². The second kappa shape index (κ2) is 4.83. The van der Waals surface area contributed by atoms with Crippen LogP contribution in [0.15, 0.2) is 12.3 Å². The van der Waals surface area contributed by atoms with E-state index in [9.17, 15) is 0 Å². The van der Waals surface area contributed by atoms with Crippen molar-refractivity contribution in [2.45, 2.75) is 45.2 Å². The third-order valence-corrected chi connectivity index (χ3v) is 3.32. The van der Waals surface area contributed by atoms with E-state index in [2.05, 4.69) is 29.0 Å². The van der Waals surface area contributed by atoms with Crippen molar-refractivity contribution in [3.8, 4) is 0 Å². The minimum absolute atomic E-state index is 0.711. The number of hydrogen-bond acceptors (Lipinski definition) is 2. The molecule has 0 aromatic carbocycles. The molecule has 0 saturated carbocycles. The summed E-state index contributed by atoms with van der Waals surface area (Å²) in [6.45, 7) is 6.11. The first-order valence-corrected chi connectivity index (χ1v) is 6.08. The molecule has 1 atom stereocenters. The van der Waals surface area contributed by atoms with Gasteiger partial charge in [0.15, 0.2) is 0 Å². The molecule has 0 aromatic rings. The van der Waals surface area contributed by atoms with E-state index in [4.69, 9.17) is 0 Å². The van der Waals surface area contributed by atoms with Crippen LogP contribution in [0, 0.1) is 0 Å². The molecule has 2 heteroatoms. The quantitative estimate of drug-likeness (QED) is 0.681. The molecule has 80 valence electrons. The third kappa shape index (κ3) is 2.11. The Morgan fingerprint density at radius 2 is 2.21 bits per heavy atom. The van der Waals surface area contributed by atoms with Gasteiger partial charge in [0.2, 0.25) is 0 Å². The molecule has 1 fully saturated rings. The molecule has 2 rings (SSSR count). The number of nitrogens with zero attached hydrogens (tertiary/aromatic N) is 2. The van der Waals surface area contributed by atoms with Crippen LogP contribution in [0.2, 0.25) is 0 Å². The zero-order valence-electron chi connectivity index (χ0n) is 9.28.